The molecule has 25 heavy (non-hydrogen) atoms. The third-order valence-corrected chi connectivity index (χ3v) is 4.28. The molecule has 3 aromatic rings. The maximum Gasteiger partial charge on any atom is 0.326 e. The Morgan fingerprint density at radius 1 is 1.12 bits per heavy atom. The number of aromatic nitrogens is 1. The normalized spacial score (nSPS) is 16.2. The fourth-order valence-corrected chi connectivity index (χ4v) is 2.97. The first-order valence-corrected chi connectivity index (χ1v) is 8.28. The van der Waals surface area contributed by atoms with Crippen LogP contribution in [0.15, 0.2) is 59.1 Å². The minimum Gasteiger partial charge on any atom is -0.441 e. The summed E-state index contributed by atoms with van der Waals surface area (Å²) in [5.74, 6) is 0.672. The van der Waals surface area contributed by atoms with E-state index in [2.05, 4.69) is 24.0 Å². The van der Waals surface area contributed by atoms with Crippen molar-refractivity contribution in [3.8, 4) is 5.75 Å². The van der Waals surface area contributed by atoms with Crippen molar-refractivity contribution in [2.45, 2.75) is 19.3 Å². The molecule has 0 radical (unpaired) electrons. The number of oxazole rings is 1. The lowest BCUT2D eigenvalue weighted by Crippen LogP contribution is -2.10. The zero-order chi connectivity index (χ0) is 17.2. The van der Waals surface area contributed by atoms with Gasteiger partial charge in [0.15, 0.2) is 0 Å². The van der Waals surface area contributed by atoms with E-state index in [-0.39, 0.29) is 5.97 Å². The number of para-hydroxylation sites is 1. The topological polar surface area (TPSA) is 52.3 Å². The van der Waals surface area contributed by atoms with Gasteiger partial charge in [-0.25, -0.2) is 4.98 Å². The molecular formula is C21H17NO3. The second kappa shape index (κ2) is 6.40. The average Bonchev–Trinajstić information content (AvgIpc) is 3.23. The Morgan fingerprint density at radius 3 is 2.88 bits per heavy atom. The molecule has 124 valence electrons. The monoisotopic (exact) mass is 331 g/mol. The van der Waals surface area contributed by atoms with Gasteiger partial charge in [0.1, 0.15) is 17.4 Å². The second-order valence-corrected chi connectivity index (χ2v) is 5.92. The van der Waals surface area contributed by atoms with E-state index in [1.54, 1.807) is 12.3 Å². The number of rotatable bonds is 4. The van der Waals surface area contributed by atoms with Crippen molar-refractivity contribution in [3.63, 3.8) is 0 Å². The molecule has 0 amide bonds. The van der Waals surface area contributed by atoms with Crippen molar-refractivity contribution in [2.75, 3.05) is 0 Å². The summed E-state index contributed by atoms with van der Waals surface area (Å²) in [6.45, 7) is 2.13. The van der Waals surface area contributed by atoms with Crippen LogP contribution in [0.5, 0.6) is 5.75 Å². The van der Waals surface area contributed by atoms with Gasteiger partial charge in [0.05, 0.1) is 6.20 Å². The minimum absolute atomic E-state index is 0.330. The van der Waals surface area contributed by atoms with Crippen LogP contribution in [0.3, 0.4) is 0 Å². The Labute approximate surface area is 145 Å². The van der Waals surface area contributed by atoms with E-state index >= 15 is 0 Å². The van der Waals surface area contributed by atoms with Gasteiger partial charge in [-0.1, -0.05) is 49.4 Å². The van der Waals surface area contributed by atoms with Crippen LogP contribution in [-0.4, -0.2) is 11.0 Å². The van der Waals surface area contributed by atoms with Gasteiger partial charge in [-0.2, -0.15) is 0 Å². The van der Waals surface area contributed by atoms with Crippen LogP contribution < -0.4 is 4.74 Å². The summed E-state index contributed by atoms with van der Waals surface area (Å²) in [5.41, 5.74) is 3.18. The van der Waals surface area contributed by atoms with Crippen molar-refractivity contribution >= 4 is 18.1 Å². The van der Waals surface area contributed by atoms with Crippen LogP contribution >= 0.6 is 0 Å². The first-order chi connectivity index (χ1) is 12.2. The van der Waals surface area contributed by atoms with Crippen LogP contribution in [0.25, 0.3) is 12.2 Å². The highest BCUT2D eigenvalue weighted by Gasteiger charge is 2.36. The fraction of sp³-hybridized carbons (Fsp3) is 0.143. The van der Waals surface area contributed by atoms with Crippen LogP contribution in [0.1, 0.15) is 41.2 Å². The highest BCUT2D eigenvalue weighted by atomic mass is 16.5. The Bertz CT molecular complexity index is 955. The molecule has 1 atom stereocenters. The van der Waals surface area contributed by atoms with E-state index in [0.717, 1.165) is 17.5 Å². The number of ether oxygens (including phenoxy) is 1. The number of carbonyl (C=O) groups excluding carboxylic acids is 1. The van der Waals surface area contributed by atoms with Crippen molar-refractivity contribution < 1.29 is 13.9 Å². The number of esters is 1. The first-order valence-electron chi connectivity index (χ1n) is 8.28. The van der Waals surface area contributed by atoms with Crippen LogP contribution in [0, 0.1) is 0 Å². The number of benzene rings is 2. The SMILES string of the molecule is CCc1cccc(/C=C/c2ncc(C3C(=O)Oc4ccccc43)o2)c1. The van der Waals surface area contributed by atoms with Crippen LogP contribution in [0.4, 0.5) is 0 Å². The third kappa shape index (κ3) is 2.98. The number of hydrogen-bond donors (Lipinski definition) is 0. The fourth-order valence-electron chi connectivity index (χ4n) is 2.97. The number of nitrogens with zero attached hydrogens (tertiary/aromatic N) is 1. The molecule has 0 aliphatic carbocycles. The maximum absolute atomic E-state index is 12.2. The summed E-state index contributed by atoms with van der Waals surface area (Å²) in [6.07, 6.45) is 6.35. The van der Waals surface area contributed by atoms with E-state index in [0.29, 0.717) is 17.4 Å². The minimum atomic E-state index is -0.547. The Morgan fingerprint density at radius 2 is 2.00 bits per heavy atom. The van der Waals surface area contributed by atoms with Crippen LogP contribution in [-0.2, 0) is 11.2 Å². The van der Waals surface area contributed by atoms with E-state index in [4.69, 9.17) is 9.15 Å². The van der Waals surface area contributed by atoms with Crippen LogP contribution in [0.2, 0.25) is 0 Å². The summed E-state index contributed by atoms with van der Waals surface area (Å²) in [5, 5.41) is 0. The van der Waals surface area contributed by atoms with Crippen molar-refractivity contribution in [2.24, 2.45) is 0 Å². The van der Waals surface area contributed by atoms with Gasteiger partial charge in [-0.15, -0.1) is 0 Å². The lowest BCUT2D eigenvalue weighted by atomic mass is 9.99. The molecular weight excluding hydrogens is 314 g/mol. The highest BCUT2D eigenvalue weighted by Crippen LogP contribution is 2.39. The number of carbonyl (C=O) groups is 1. The molecule has 1 aliphatic heterocycles. The molecule has 0 N–H and O–H groups in total. The van der Waals surface area contributed by atoms with E-state index in [1.807, 2.05) is 42.5 Å². The largest absolute Gasteiger partial charge is 0.441 e. The van der Waals surface area contributed by atoms with Gasteiger partial charge in [-0.3, -0.25) is 4.79 Å². The van der Waals surface area contributed by atoms with Gasteiger partial charge in [-0.05, 0) is 29.7 Å². The summed E-state index contributed by atoms with van der Waals surface area (Å²) in [6, 6.07) is 15.7. The third-order valence-electron chi connectivity index (χ3n) is 4.28. The Kier molecular flexibility index (Phi) is 3.94. The summed E-state index contributed by atoms with van der Waals surface area (Å²) >= 11 is 0. The molecule has 0 saturated heterocycles. The quantitative estimate of drug-likeness (QED) is 0.523. The molecule has 0 bridgehead atoms. The molecule has 2 aromatic carbocycles. The van der Waals surface area contributed by atoms with E-state index in [9.17, 15) is 4.79 Å². The molecule has 1 aromatic heterocycles. The molecule has 4 nitrogen and oxygen atoms in total. The molecule has 1 unspecified atom stereocenters. The smallest absolute Gasteiger partial charge is 0.326 e. The molecule has 4 heteroatoms. The zero-order valence-corrected chi connectivity index (χ0v) is 13.8. The van der Waals surface area contributed by atoms with Gasteiger partial charge in [0, 0.05) is 11.6 Å². The van der Waals surface area contributed by atoms with Gasteiger partial charge < -0.3 is 9.15 Å². The van der Waals surface area contributed by atoms with Crippen molar-refractivity contribution in [3.05, 3.63) is 83.1 Å². The summed E-state index contributed by atoms with van der Waals surface area (Å²) in [7, 11) is 0. The maximum atomic E-state index is 12.2. The van der Waals surface area contributed by atoms with Crippen molar-refractivity contribution in [1.82, 2.24) is 4.98 Å². The lowest BCUT2D eigenvalue weighted by Gasteiger charge is -2.01. The average molecular weight is 331 g/mol. The number of hydrogen-bond acceptors (Lipinski definition) is 4. The van der Waals surface area contributed by atoms with E-state index < -0.39 is 5.92 Å². The molecule has 1 aliphatic rings. The molecule has 2 heterocycles. The number of fused-ring (bicyclic) bond motifs is 1. The van der Waals surface area contributed by atoms with Crippen molar-refractivity contribution in [1.29, 1.82) is 0 Å². The highest BCUT2D eigenvalue weighted by molar-refractivity contribution is 5.88. The molecule has 4 rings (SSSR count). The summed E-state index contributed by atoms with van der Waals surface area (Å²) in [4.78, 5) is 16.4. The predicted molar refractivity (Wildman–Crippen MR) is 95.2 cm³/mol. The first kappa shape index (κ1) is 15.4. The standard InChI is InChI=1S/C21H17NO3/c1-2-14-6-5-7-15(12-14)10-11-19-22-13-18(24-19)20-16-8-3-4-9-17(16)25-21(20)23/h3-13,20H,2H2,1H3/b11-10+. The summed E-state index contributed by atoms with van der Waals surface area (Å²) < 4.78 is 11.1. The molecule has 0 saturated carbocycles. The zero-order valence-electron chi connectivity index (χ0n) is 13.8. The molecule has 0 fully saturated rings. The van der Waals surface area contributed by atoms with Gasteiger partial charge in [0.2, 0.25) is 5.89 Å². The second-order valence-electron chi connectivity index (χ2n) is 5.92. The Hall–Kier alpha value is -3.14. The van der Waals surface area contributed by atoms with Gasteiger partial charge in [0.25, 0.3) is 0 Å². The molecule has 0 spiro atoms. The lowest BCUT2D eigenvalue weighted by molar-refractivity contribution is -0.133. The Balaban J connectivity index is 1.58. The predicted octanol–water partition coefficient (Wildman–Crippen LogP) is 4.46. The van der Waals surface area contributed by atoms with Gasteiger partial charge >= 0.3 is 5.97 Å². The number of aryl methyl sites for hydroxylation is 1. The van der Waals surface area contributed by atoms with E-state index in [1.165, 1.54) is 5.56 Å².